The first-order valence-electron chi connectivity index (χ1n) is 7.81. The fraction of sp³-hybridized carbons (Fsp3) is 0.167. The number of anilines is 1. The summed E-state index contributed by atoms with van der Waals surface area (Å²) in [6.07, 6.45) is 0. The molecule has 0 aromatic heterocycles. The van der Waals surface area contributed by atoms with E-state index in [0.717, 1.165) is 22.1 Å². The molecule has 2 aromatic carbocycles. The molecule has 0 atom stereocenters. The van der Waals surface area contributed by atoms with Gasteiger partial charge in [-0.3, -0.25) is 29.4 Å². The van der Waals surface area contributed by atoms with Gasteiger partial charge in [-0.2, -0.15) is 0 Å². The predicted octanol–water partition coefficient (Wildman–Crippen LogP) is 2.45. The first-order chi connectivity index (χ1) is 12.3. The number of hydrogen-bond donors (Lipinski definition) is 1. The van der Waals surface area contributed by atoms with Gasteiger partial charge in [-0.05, 0) is 31.0 Å². The largest absolute Gasteiger partial charge is 0.324 e. The summed E-state index contributed by atoms with van der Waals surface area (Å²) < 4.78 is 0. The highest BCUT2D eigenvalue weighted by atomic mass is 16.6. The zero-order valence-electron chi connectivity index (χ0n) is 14.1. The third-order valence-corrected chi connectivity index (χ3v) is 4.22. The number of rotatable bonds is 4. The van der Waals surface area contributed by atoms with Crippen LogP contribution < -0.4 is 5.32 Å². The Balaban J connectivity index is 1.84. The minimum atomic E-state index is -0.839. The molecule has 0 saturated heterocycles. The van der Waals surface area contributed by atoms with Gasteiger partial charge in [0.1, 0.15) is 12.1 Å². The van der Waals surface area contributed by atoms with Gasteiger partial charge in [0.25, 0.3) is 17.5 Å². The highest BCUT2D eigenvalue weighted by Crippen LogP contribution is 2.30. The van der Waals surface area contributed by atoms with Gasteiger partial charge in [0.2, 0.25) is 5.91 Å². The summed E-state index contributed by atoms with van der Waals surface area (Å²) in [4.78, 5) is 48.3. The molecule has 132 valence electrons. The summed E-state index contributed by atoms with van der Waals surface area (Å²) >= 11 is 0. The standard InChI is InChI=1S/C18H15N3O5/c1-10-5-3-6-11(2)16(10)19-14(22)9-20-17(23)12-7-4-8-13(21(25)26)15(12)18(20)24/h3-8H,9H2,1-2H3,(H,19,22). The lowest BCUT2D eigenvalue weighted by molar-refractivity contribution is -0.385. The van der Waals surface area contributed by atoms with Crippen LogP contribution in [0.25, 0.3) is 0 Å². The molecule has 0 radical (unpaired) electrons. The van der Waals surface area contributed by atoms with Crippen molar-refractivity contribution in [1.82, 2.24) is 4.90 Å². The number of nitro groups is 1. The van der Waals surface area contributed by atoms with Crippen molar-refractivity contribution in [3.05, 3.63) is 68.8 Å². The Bertz CT molecular complexity index is 947. The van der Waals surface area contributed by atoms with Gasteiger partial charge < -0.3 is 5.32 Å². The Morgan fingerprint density at radius 2 is 1.69 bits per heavy atom. The number of para-hydroxylation sites is 1. The highest BCUT2D eigenvalue weighted by Gasteiger charge is 2.41. The lowest BCUT2D eigenvalue weighted by atomic mass is 10.1. The van der Waals surface area contributed by atoms with Crippen LogP contribution in [0.5, 0.6) is 0 Å². The van der Waals surface area contributed by atoms with Crippen LogP contribution in [0.3, 0.4) is 0 Å². The van der Waals surface area contributed by atoms with E-state index in [9.17, 15) is 24.5 Å². The molecule has 0 bridgehead atoms. The molecule has 8 heteroatoms. The third-order valence-electron chi connectivity index (χ3n) is 4.22. The summed E-state index contributed by atoms with van der Waals surface area (Å²) in [5, 5.41) is 13.8. The summed E-state index contributed by atoms with van der Waals surface area (Å²) in [7, 11) is 0. The van der Waals surface area contributed by atoms with E-state index in [2.05, 4.69) is 5.32 Å². The van der Waals surface area contributed by atoms with Crippen LogP contribution >= 0.6 is 0 Å². The number of fused-ring (bicyclic) bond motifs is 1. The maximum atomic E-state index is 12.5. The molecule has 0 unspecified atom stereocenters. The number of nitrogens with one attached hydrogen (secondary N) is 1. The maximum Gasteiger partial charge on any atom is 0.282 e. The van der Waals surface area contributed by atoms with Crippen molar-refractivity contribution >= 4 is 29.1 Å². The molecule has 1 aliphatic rings. The van der Waals surface area contributed by atoms with E-state index in [-0.39, 0.29) is 11.1 Å². The van der Waals surface area contributed by atoms with Gasteiger partial charge in [0, 0.05) is 11.8 Å². The minimum Gasteiger partial charge on any atom is -0.324 e. The number of benzene rings is 2. The van der Waals surface area contributed by atoms with E-state index in [4.69, 9.17) is 0 Å². The lowest BCUT2D eigenvalue weighted by Crippen LogP contribution is -2.37. The first-order valence-corrected chi connectivity index (χ1v) is 7.81. The number of carbonyl (C=O) groups is 3. The molecule has 26 heavy (non-hydrogen) atoms. The zero-order valence-corrected chi connectivity index (χ0v) is 14.1. The Kier molecular flexibility index (Phi) is 4.25. The van der Waals surface area contributed by atoms with E-state index in [1.54, 1.807) is 0 Å². The van der Waals surface area contributed by atoms with Gasteiger partial charge in [-0.15, -0.1) is 0 Å². The van der Waals surface area contributed by atoms with Crippen LogP contribution in [0.4, 0.5) is 11.4 Å². The summed E-state index contributed by atoms with van der Waals surface area (Å²) in [6.45, 7) is 3.14. The van der Waals surface area contributed by atoms with E-state index in [1.165, 1.54) is 12.1 Å². The van der Waals surface area contributed by atoms with Crippen molar-refractivity contribution in [3.8, 4) is 0 Å². The van der Waals surface area contributed by atoms with Gasteiger partial charge in [-0.1, -0.05) is 24.3 Å². The van der Waals surface area contributed by atoms with Crippen LogP contribution in [-0.4, -0.2) is 34.1 Å². The molecule has 2 aromatic rings. The summed E-state index contributed by atoms with van der Waals surface area (Å²) in [6, 6.07) is 9.34. The molecular weight excluding hydrogens is 338 g/mol. The summed E-state index contributed by atoms with van der Waals surface area (Å²) in [5.41, 5.74) is 1.51. The fourth-order valence-electron chi connectivity index (χ4n) is 2.95. The van der Waals surface area contributed by atoms with Gasteiger partial charge in [-0.25, -0.2) is 0 Å². The Labute approximate surface area is 148 Å². The predicted molar refractivity (Wildman–Crippen MR) is 93.0 cm³/mol. The smallest absolute Gasteiger partial charge is 0.282 e. The Morgan fingerprint density at radius 1 is 1.08 bits per heavy atom. The number of amides is 3. The van der Waals surface area contributed by atoms with Crippen molar-refractivity contribution in [2.75, 3.05) is 11.9 Å². The Morgan fingerprint density at radius 3 is 2.31 bits per heavy atom. The molecule has 1 aliphatic heterocycles. The lowest BCUT2D eigenvalue weighted by Gasteiger charge is -2.15. The van der Waals surface area contributed by atoms with Crippen molar-refractivity contribution < 1.29 is 19.3 Å². The van der Waals surface area contributed by atoms with E-state index < -0.39 is 34.9 Å². The second kappa shape index (κ2) is 6.40. The molecule has 0 spiro atoms. The normalized spacial score (nSPS) is 12.9. The van der Waals surface area contributed by atoms with Crippen LogP contribution in [0, 0.1) is 24.0 Å². The second-order valence-corrected chi connectivity index (χ2v) is 5.97. The minimum absolute atomic E-state index is 0.0657. The van der Waals surface area contributed by atoms with Crippen LogP contribution in [0.15, 0.2) is 36.4 Å². The second-order valence-electron chi connectivity index (χ2n) is 5.97. The molecule has 3 rings (SSSR count). The average Bonchev–Trinajstić information content (AvgIpc) is 2.83. The molecule has 8 nitrogen and oxygen atoms in total. The molecule has 1 heterocycles. The molecule has 0 fully saturated rings. The molecule has 1 N–H and O–H groups in total. The topological polar surface area (TPSA) is 110 Å². The van der Waals surface area contributed by atoms with E-state index in [0.29, 0.717) is 5.69 Å². The third kappa shape index (κ3) is 2.81. The number of imide groups is 1. The number of aryl methyl sites for hydroxylation is 2. The zero-order chi connectivity index (χ0) is 19.0. The van der Waals surface area contributed by atoms with E-state index in [1.807, 2.05) is 32.0 Å². The van der Waals surface area contributed by atoms with Crippen molar-refractivity contribution in [2.24, 2.45) is 0 Å². The van der Waals surface area contributed by atoms with Gasteiger partial charge in [0.15, 0.2) is 0 Å². The van der Waals surface area contributed by atoms with Crippen LogP contribution in [0.1, 0.15) is 31.8 Å². The number of nitro benzene ring substituents is 1. The average molecular weight is 353 g/mol. The van der Waals surface area contributed by atoms with Gasteiger partial charge in [0.05, 0.1) is 10.5 Å². The van der Waals surface area contributed by atoms with E-state index >= 15 is 0 Å². The van der Waals surface area contributed by atoms with Gasteiger partial charge >= 0.3 is 0 Å². The number of nitrogens with zero attached hydrogens (tertiary/aromatic N) is 2. The van der Waals surface area contributed by atoms with Crippen LogP contribution in [0.2, 0.25) is 0 Å². The maximum absolute atomic E-state index is 12.5. The molecule has 0 saturated carbocycles. The summed E-state index contributed by atoms with van der Waals surface area (Å²) in [5.74, 6) is -2.11. The Hall–Kier alpha value is -3.55. The SMILES string of the molecule is Cc1cccc(C)c1NC(=O)CN1C(=O)c2cccc([N+](=O)[O-])c2C1=O. The van der Waals surface area contributed by atoms with Crippen molar-refractivity contribution in [1.29, 1.82) is 0 Å². The van der Waals surface area contributed by atoms with Crippen molar-refractivity contribution in [2.45, 2.75) is 13.8 Å². The van der Waals surface area contributed by atoms with Crippen molar-refractivity contribution in [3.63, 3.8) is 0 Å². The number of hydrogen-bond acceptors (Lipinski definition) is 5. The molecular formula is C18H15N3O5. The molecule has 3 amide bonds. The highest BCUT2D eigenvalue weighted by molar-refractivity contribution is 6.24. The fourth-order valence-corrected chi connectivity index (χ4v) is 2.95. The quantitative estimate of drug-likeness (QED) is 0.516. The molecule has 0 aliphatic carbocycles. The number of carbonyl (C=O) groups excluding carboxylic acids is 3. The van der Waals surface area contributed by atoms with Crippen LogP contribution in [-0.2, 0) is 4.79 Å². The monoisotopic (exact) mass is 353 g/mol. The first kappa shape index (κ1) is 17.3.